The first kappa shape index (κ1) is 15.0. The number of nitrogens with two attached hydrogens (primary N) is 1. The Labute approximate surface area is 109 Å². The summed E-state index contributed by atoms with van der Waals surface area (Å²) in [6.45, 7) is 4.83. The maximum atomic E-state index is 12.5. The van der Waals surface area contributed by atoms with Gasteiger partial charge in [0.25, 0.3) is 0 Å². The molecule has 1 rings (SSSR count). The third-order valence-corrected chi connectivity index (χ3v) is 3.99. The SMILES string of the molecule is CCC(C)(CN)C(=O)N1CCCC1C(=O)N(C)C. The molecule has 1 saturated heterocycles. The smallest absolute Gasteiger partial charge is 0.244 e. The van der Waals surface area contributed by atoms with E-state index < -0.39 is 5.41 Å². The zero-order chi connectivity index (χ0) is 13.9. The highest BCUT2D eigenvalue weighted by Crippen LogP contribution is 2.28. The van der Waals surface area contributed by atoms with E-state index in [1.807, 2.05) is 13.8 Å². The van der Waals surface area contributed by atoms with Gasteiger partial charge in [-0.25, -0.2) is 0 Å². The molecule has 0 bridgehead atoms. The molecule has 1 fully saturated rings. The van der Waals surface area contributed by atoms with Crippen LogP contribution in [0.15, 0.2) is 0 Å². The molecule has 0 aliphatic carbocycles. The van der Waals surface area contributed by atoms with Crippen molar-refractivity contribution in [2.24, 2.45) is 11.1 Å². The largest absolute Gasteiger partial charge is 0.347 e. The van der Waals surface area contributed by atoms with E-state index >= 15 is 0 Å². The van der Waals surface area contributed by atoms with E-state index in [2.05, 4.69) is 0 Å². The molecular weight excluding hydrogens is 230 g/mol. The van der Waals surface area contributed by atoms with Crippen LogP contribution < -0.4 is 5.73 Å². The summed E-state index contributed by atoms with van der Waals surface area (Å²) >= 11 is 0. The van der Waals surface area contributed by atoms with Crippen molar-refractivity contribution in [2.75, 3.05) is 27.2 Å². The van der Waals surface area contributed by atoms with Crippen LogP contribution in [0.3, 0.4) is 0 Å². The van der Waals surface area contributed by atoms with E-state index in [1.165, 1.54) is 0 Å². The lowest BCUT2D eigenvalue weighted by molar-refractivity contribution is -0.148. The number of likely N-dealkylation sites (tertiary alicyclic amines) is 1. The van der Waals surface area contributed by atoms with E-state index in [0.29, 0.717) is 19.5 Å². The monoisotopic (exact) mass is 255 g/mol. The van der Waals surface area contributed by atoms with Crippen molar-refractivity contribution in [3.8, 4) is 0 Å². The number of likely N-dealkylation sites (N-methyl/N-ethyl adjacent to an activating group) is 1. The molecule has 2 amide bonds. The molecule has 0 spiro atoms. The van der Waals surface area contributed by atoms with Crippen LogP contribution in [0.1, 0.15) is 33.1 Å². The van der Waals surface area contributed by atoms with Crippen LogP contribution in [0.2, 0.25) is 0 Å². The van der Waals surface area contributed by atoms with Gasteiger partial charge < -0.3 is 15.5 Å². The molecule has 18 heavy (non-hydrogen) atoms. The summed E-state index contributed by atoms with van der Waals surface area (Å²) in [4.78, 5) is 27.9. The Balaban J connectivity index is 2.88. The molecule has 1 aliphatic heterocycles. The molecule has 2 atom stereocenters. The molecule has 0 aromatic rings. The van der Waals surface area contributed by atoms with Crippen LogP contribution in [0, 0.1) is 5.41 Å². The van der Waals surface area contributed by atoms with Gasteiger partial charge in [-0.3, -0.25) is 9.59 Å². The molecule has 0 aromatic heterocycles. The Morgan fingerprint density at radius 3 is 2.50 bits per heavy atom. The predicted octanol–water partition coefficient (Wildman–Crippen LogP) is 0.441. The zero-order valence-electron chi connectivity index (χ0n) is 11.9. The molecule has 1 aliphatic rings. The van der Waals surface area contributed by atoms with Crippen molar-refractivity contribution in [1.29, 1.82) is 0 Å². The third-order valence-electron chi connectivity index (χ3n) is 3.99. The molecule has 2 N–H and O–H groups in total. The molecule has 2 unspecified atom stereocenters. The number of amides is 2. The van der Waals surface area contributed by atoms with Crippen LogP contribution in [0.4, 0.5) is 0 Å². The number of rotatable bonds is 4. The van der Waals surface area contributed by atoms with Crippen molar-refractivity contribution in [1.82, 2.24) is 9.80 Å². The van der Waals surface area contributed by atoms with Crippen LogP contribution in [-0.2, 0) is 9.59 Å². The maximum absolute atomic E-state index is 12.5. The Hall–Kier alpha value is -1.10. The van der Waals surface area contributed by atoms with Gasteiger partial charge in [-0.2, -0.15) is 0 Å². The van der Waals surface area contributed by atoms with Gasteiger partial charge in [-0.15, -0.1) is 0 Å². The van der Waals surface area contributed by atoms with Crippen LogP contribution >= 0.6 is 0 Å². The Morgan fingerprint density at radius 1 is 1.44 bits per heavy atom. The lowest BCUT2D eigenvalue weighted by Crippen LogP contribution is -2.52. The van der Waals surface area contributed by atoms with Gasteiger partial charge in [0, 0.05) is 27.2 Å². The number of carbonyl (C=O) groups is 2. The highest BCUT2D eigenvalue weighted by molar-refractivity contribution is 5.90. The summed E-state index contributed by atoms with van der Waals surface area (Å²) in [5.41, 5.74) is 5.18. The lowest BCUT2D eigenvalue weighted by atomic mass is 9.85. The molecule has 0 aromatic carbocycles. The average Bonchev–Trinajstić information content (AvgIpc) is 2.84. The quantitative estimate of drug-likeness (QED) is 0.792. The first-order chi connectivity index (χ1) is 8.37. The predicted molar refractivity (Wildman–Crippen MR) is 70.9 cm³/mol. The number of hydrogen-bond acceptors (Lipinski definition) is 3. The zero-order valence-corrected chi connectivity index (χ0v) is 11.9. The topological polar surface area (TPSA) is 66.6 Å². The molecular formula is C13H25N3O2. The fraction of sp³-hybridized carbons (Fsp3) is 0.846. The fourth-order valence-electron chi connectivity index (χ4n) is 2.29. The second-order valence-corrected chi connectivity index (χ2v) is 5.51. The van der Waals surface area contributed by atoms with Gasteiger partial charge in [-0.1, -0.05) is 6.92 Å². The summed E-state index contributed by atoms with van der Waals surface area (Å²) in [7, 11) is 3.45. The van der Waals surface area contributed by atoms with Crippen molar-refractivity contribution in [3.63, 3.8) is 0 Å². The normalized spacial score (nSPS) is 22.7. The standard InChI is InChI=1S/C13H25N3O2/c1-5-13(2,9-14)12(18)16-8-6-7-10(16)11(17)15(3)4/h10H,5-9,14H2,1-4H3. The van der Waals surface area contributed by atoms with Gasteiger partial charge in [0.15, 0.2) is 0 Å². The summed E-state index contributed by atoms with van der Waals surface area (Å²) in [5.74, 6) is 0.0292. The summed E-state index contributed by atoms with van der Waals surface area (Å²) in [6, 6.07) is -0.301. The molecule has 104 valence electrons. The average molecular weight is 255 g/mol. The number of carbonyl (C=O) groups excluding carboxylic acids is 2. The molecule has 0 saturated carbocycles. The van der Waals surface area contributed by atoms with Crippen molar-refractivity contribution < 1.29 is 9.59 Å². The second kappa shape index (κ2) is 5.69. The van der Waals surface area contributed by atoms with E-state index in [4.69, 9.17) is 5.73 Å². The molecule has 5 heteroatoms. The second-order valence-electron chi connectivity index (χ2n) is 5.51. The van der Waals surface area contributed by atoms with Crippen LogP contribution in [-0.4, -0.2) is 54.8 Å². The van der Waals surface area contributed by atoms with Crippen LogP contribution in [0.5, 0.6) is 0 Å². The van der Waals surface area contributed by atoms with Crippen molar-refractivity contribution in [3.05, 3.63) is 0 Å². The fourth-order valence-corrected chi connectivity index (χ4v) is 2.29. The van der Waals surface area contributed by atoms with Gasteiger partial charge in [-0.05, 0) is 26.2 Å². The van der Waals surface area contributed by atoms with E-state index in [-0.39, 0.29) is 17.9 Å². The molecule has 0 radical (unpaired) electrons. The van der Waals surface area contributed by atoms with E-state index in [0.717, 1.165) is 12.8 Å². The van der Waals surface area contributed by atoms with Gasteiger partial charge >= 0.3 is 0 Å². The first-order valence-corrected chi connectivity index (χ1v) is 6.59. The van der Waals surface area contributed by atoms with Crippen molar-refractivity contribution in [2.45, 2.75) is 39.2 Å². The first-order valence-electron chi connectivity index (χ1n) is 6.59. The van der Waals surface area contributed by atoms with E-state index in [1.54, 1.807) is 23.9 Å². The van der Waals surface area contributed by atoms with Gasteiger partial charge in [0.2, 0.25) is 11.8 Å². The highest BCUT2D eigenvalue weighted by atomic mass is 16.2. The minimum atomic E-state index is -0.546. The number of nitrogens with zero attached hydrogens (tertiary/aromatic N) is 2. The minimum Gasteiger partial charge on any atom is -0.347 e. The summed E-state index contributed by atoms with van der Waals surface area (Å²) < 4.78 is 0. The molecule has 1 heterocycles. The van der Waals surface area contributed by atoms with E-state index in [9.17, 15) is 9.59 Å². The number of hydrogen-bond donors (Lipinski definition) is 1. The maximum Gasteiger partial charge on any atom is 0.244 e. The van der Waals surface area contributed by atoms with Crippen molar-refractivity contribution >= 4 is 11.8 Å². The Bertz CT molecular complexity index is 324. The van der Waals surface area contributed by atoms with Gasteiger partial charge in [0.1, 0.15) is 6.04 Å². The summed E-state index contributed by atoms with van der Waals surface area (Å²) in [5, 5.41) is 0. The third kappa shape index (κ3) is 2.66. The Morgan fingerprint density at radius 2 is 2.06 bits per heavy atom. The minimum absolute atomic E-state index is 0.0105. The van der Waals surface area contributed by atoms with Crippen LogP contribution in [0.25, 0.3) is 0 Å². The molecule has 5 nitrogen and oxygen atoms in total. The lowest BCUT2D eigenvalue weighted by Gasteiger charge is -2.34. The summed E-state index contributed by atoms with van der Waals surface area (Å²) in [6.07, 6.45) is 2.34. The van der Waals surface area contributed by atoms with Gasteiger partial charge in [0.05, 0.1) is 5.41 Å². The Kier molecular flexibility index (Phi) is 4.73. The highest BCUT2D eigenvalue weighted by Gasteiger charge is 2.41.